The van der Waals surface area contributed by atoms with Crippen molar-refractivity contribution in [2.24, 2.45) is 23.5 Å². The molecule has 3 heterocycles. The van der Waals surface area contributed by atoms with E-state index in [1.54, 1.807) is 12.1 Å². The topological polar surface area (TPSA) is 143 Å². The van der Waals surface area contributed by atoms with E-state index in [0.29, 0.717) is 60.7 Å². The van der Waals surface area contributed by atoms with Gasteiger partial charge in [0, 0.05) is 38.0 Å². The number of nitrogens with zero attached hydrogens (tertiary/aromatic N) is 6. The Labute approximate surface area is 297 Å². The molecule has 0 bridgehead atoms. The molecule has 2 aliphatic carbocycles. The van der Waals surface area contributed by atoms with E-state index in [4.69, 9.17) is 10.5 Å². The highest BCUT2D eigenvalue weighted by atomic mass is 28.3. The number of hydrogen-bond donors (Lipinski definition) is 2. The summed E-state index contributed by atoms with van der Waals surface area (Å²) in [6, 6.07) is 4.35. The van der Waals surface area contributed by atoms with Crippen LogP contribution in [0.25, 0.3) is 11.1 Å². The van der Waals surface area contributed by atoms with E-state index in [9.17, 15) is 9.59 Å². The van der Waals surface area contributed by atoms with E-state index in [-0.39, 0.29) is 23.3 Å². The molecule has 11 nitrogen and oxygen atoms in total. The second-order valence-corrected chi connectivity index (χ2v) is 21.1. The minimum atomic E-state index is -1.23. The van der Waals surface area contributed by atoms with Gasteiger partial charge in [0.25, 0.3) is 5.91 Å². The van der Waals surface area contributed by atoms with Crippen molar-refractivity contribution in [1.82, 2.24) is 29.8 Å². The summed E-state index contributed by atoms with van der Waals surface area (Å²) in [5, 5.41) is 16.4. The molecule has 0 spiro atoms. The molecule has 1 unspecified atom stereocenters. The van der Waals surface area contributed by atoms with Crippen LogP contribution in [-0.4, -0.2) is 56.3 Å². The van der Waals surface area contributed by atoms with E-state index in [1.807, 2.05) is 25.5 Å². The highest BCUT2D eigenvalue weighted by Gasteiger charge is 2.44. The Hall–Kier alpha value is -3.45. The fourth-order valence-electron chi connectivity index (χ4n) is 8.33. The number of amides is 2. The lowest BCUT2D eigenvalue weighted by molar-refractivity contribution is -0.120. The maximum atomic E-state index is 16.0. The number of carbonyl (C=O) groups excluding carboxylic acids is 2. The highest BCUT2D eigenvalue weighted by Crippen LogP contribution is 2.47. The summed E-state index contributed by atoms with van der Waals surface area (Å²) in [4.78, 5) is 31.7. The van der Waals surface area contributed by atoms with Crippen molar-refractivity contribution >= 4 is 25.7 Å². The number of nitrogens with two attached hydrogens (primary N) is 1. The smallest absolute Gasteiger partial charge is 0.268 e. The molecule has 3 aromatic rings. The standard InChI is InChI=1S/C37H57FN8O3Si/c1-7-28-30(24(3)43-46(28)23-49-21-22-50(4,5)6)27-19-20-29(40-35(27)38)41-37(48)32(33-34(36(39)47)45(8-2)44-42-33)31(25-15-11-9-12-16-25)26-17-13-10-14-18-26/h19-20,25-26,31-32H,7-18,21-23H2,1-6H3,(H2,39,47)(H,40,41,48). The first-order valence-corrected chi connectivity index (χ1v) is 22.5. The molecule has 0 radical (unpaired) electrons. The third-order valence-corrected chi connectivity index (χ3v) is 12.5. The van der Waals surface area contributed by atoms with E-state index < -0.39 is 25.8 Å². The lowest BCUT2D eigenvalue weighted by Gasteiger charge is -2.41. The number of hydrogen-bond acceptors (Lipinski definition) is 7. The number of pyridine rings is 1. The Bertz CT molecular complexity index is 1600. The fourth-order valence-corrected chi connectivity index (χ4v) is 9.09. The van der Waals surface area contributed by atoms with E-state index in [1.165, 1.54) is 17.5 Å². The van der Waals surface area contributed by atoms with Crippen LogP contribution in [0.2, 0.25) is 25.7 Å². The summed E-state index contributed by atoms with van der Waals surface area (Å²) in [5.74, 6) is -1.83. The minimum Gasteiger partial charge on any atom is -0.364 e. The van der Waals surface area contributed by atoms with Crippen molar-refractivity contribution in [1.29, 1.82) is 0 Å². The second kappa shape index (κ2) is 16.7. The number of ether oxygens (including phenoxy) is 1. The zero-order chi connectivity index (χ0) is 36.0. The molecule has 3 N–H and O–H groups in total. The predicted molar refractivity (Wildman–Crippen MR) is 196 cm³/mol. The lowest BCUT2D eigenvalue weighted by atomic mass is 9.63. The second-order valence-electron chi connectivity index (χ2n) is 15.5. The van der Waals surface area contributed by atoms with Gasteiger partial charge in [0.05, 0.1) is 11.6 Å². The molecule has 0 aromatic carbocycles. The molecule has 1 atom stereocenters. The van der Waals surface area contributed by atoms with Gasteiger partial charge in [-0.3, -0.25) is 9.59 Å². The summed E-state index contributed by atoms with van der Waals surface area (Å²) in [7, 11) is -1.23. The molecule has 0 saturated heterocycles. The molecular weight excluding hydrogens is 652 g/mol. The number of aryl methyl sites for hydroxylation is 2. The van der Waals surface area contributed by atoms with Gasteiger partial charge >= 0.3 is 0 Å². The van der Waals surface area contributed by atoms with Crippen LogP contribution in [0.5, 0.6) is 0 Å². The van der Waals surface area contributed by atoms with Gasteiger partial charge in [-0.05, 0) is 56.2 Å². The van der Waals surface area contributed by atoms with Gasteiger partial charge in [-0.15, -0.1) is 5.10 Å². The highest BCUT2D eigenvalue weighted by molar-refractivity contribution is 6.76. The van der Waals surface area contributed by atoms with Crippen molar-refractivity contribution < 1.29 is 18.7 Å². The monoisotopic (exact) mass is 708 g/mol. The summed E-state index contributed by atoms with van der Waals surface area (Å²) < 4.78 is 25.3. The lowest BCUT2D eigenvalue weighted by Crippen LogP contribution is -2.39. The third kappa shape index (κ3) is 8.70. The number of nitrogens with one attached hydrogen (secondary N) is 1. The van der Waals surface area contributed by atoms with Gasteiger partial charge in [0.15, 0.2) is 0 Å². The molecule has 50 heavy (non-hydrogen) atoms. The van der Waals surface area contributed by atoms with Crippen LogP contribution in [0.4, 0.5) is 10.2 Å². The fraction of sp³-hybridized carbons (Fsp3) is 0.676. The van der Waals surface area contributed by atoms with Gasteiger partial charge in [0.1, 0.15) is 23.9 Å². The maximum Gasteiger partial charge on any atom is 0.268 e. The quantitative estimate of drug-likeness (QED) is 0.0947. The number of rotatable bonds is 15. The van der Waals surface area contributed by atoms with Crippen molar-refractivity contribution in [3.05, 3.63) is 40.9 Å². The van der Waals surface area contributed by atoms with Crippen LogP contribution in [-0.2, 0) is 29.2 Å². The number of aromatic nitrogens is 6. The van der Waals surface area contributed by atoms with Crippen molar-refractivity contribution in [3.8, 4) is 11.1 Å². The Kier molecular flexibility index (Phi) is 12.6. The van der Waals surface area contributed by atoms with E-state index in [0.717, 1.165) is 63.1 Å². The summed E-state index contributed by atoms with van der Waals surface area (Å²) >= 11 is 0. The first-order chi connectivity index (χ1) is 23.9. The van der Waals surface area contributed by atoms with Crippen LogP contribution in [0.15, 0.2) is 12.1 Å². The first-order valence-electron chi connectivity index (χ1n) is 18.8. The van der Waals surface area contributed by atoms with Crippen molar-refractivity contribution in [3.63, 3.8) is 0 Å². The summed E-state index contributed by atoms with van der Waals surface area (Å²) in [6.07, 6.45) is 11.5. The van der Waals surface area contributed by atoms with Crippen LogP contribution >= 0.6 is 0 Å². The van der Waals surface area contributed by atoms with Crippen molar-refractivity contribution in [2.45, 2.75) is 136 Å². The van der Waals surface area contributed by atoms with Crippen molar-refractivity contribution in [2.75, 3.05) is 11.9 Å². The van der Waals surface area contributed by atoms with Gasteiger partial charge in [0.2, 0.25) is 11.9 Å². The molecular formula is C37H57FN8O3Si. The zero-order valence-corrected chi connectivity index (χ0v) is 31.9. The Morgan fingerprint density at radius 1 is 1.02 bits per heavy atom. The Morgan fingerprint density at radius 2 is 1.66 bits per heavy atom. The largest absolute Gasteiger partial charge is 0.364 e. The number of halogens is 1. The van der Waals surface area contributed by atoms with Crippen LogP contribution in [0.3, 0.4) is 0 Å². The molecule has 2 amide bonds. The van der Waals surface area contributed by atoms with Gasteiger partial charge in [-0.1, -0.05) is 96.0 Å². The zero-order valence-electron chi connectivity index (χ0n) is 30.9. The average molecular weight is 709 g/mol. The Balaban J connectivity index is 1.46. The van der Waals surface area contributed by atoms with Crippen LogP contribution in [0.1, 0.15) is 112 Å². The predicted octanol–water partition coefficient (Wildman–Crippen LogP) is 7.48. The van der Waals surface area contributed by atoms with Gasteiger partial charge < -0.3 is 15.8 Å². The van der Waals surface area contributed by atoms with Crippen LogP contribution < -0.4 is 11.1 Å². The molecule has 2 saturated carbocycles. The number of carbonyl (C=O) groups is 2. The SMILES string of the molecule is CCc1c(-c2ccc(NC(=O)C(c3nnn(CC)c3C(N)=O)C(C3CCCCC3)C3CCCCC3)nc2F)c(C)nn1COCC[Si](C)(C)C. The van der Waals surface area contributed by atoms with E-state index >= 15 is 4.39 Å². The third-order valence-electron chi connectivity index (χ3n) is 10.8. The Morgan fingerprint density at radius 3 is 2.20 bits per heavy atom. The number of anilines is 1. The summed E-state index contributed by atoms with van der Waals surface area (Å²) in [5.41, 5.74) is 8.98. The number of primary amides is 1. The molecule has 274 valence electrons. The molecule has 2 fully saturated rings. The molecule has 3 aromatic heterocycles. The minimum absolute atomic E-state index is 0.0478. The maximum absolute atomic E-state index is 16.0. The summed E-state index contributed by atoms with van der Waals surface area (Å²) in [6.45, 7) is 14.0. The first kappa shape index (κ1) is 37.8. The molecule has 0 aliphatic heterocycles. The normalized spacial score (nSPS) is 17.0. The molecule has 13 heteroatoms. The van der Waals surface area contributed by atoms with Gasteiger partial charge in [-0.25, -0.2) is 14.3 Å². The molecule has 2 aliphatic rings. The van der Waals surface area contributed by atoms with Gasteiger partial charge in [-0.2, -0.15) is 9.49 Å². The van der Waals surface area contributed by atoms with E-state index in [2.05, 4.69) is 45.4 Å². The molecule has 5 rings (SSSR count). The van der Waals surface area contributed by atoms with Crippen LogP contribution in [0, 0.1) is 30.6 Å². The average Bonchev–Trinajstić information content (AvgIpc) is 3.66.